The van der Waals surface area contributed by atoms with Gasteiger partial charge in [0.25, 0.3) is 5.91 Å². The Balaban J connectivity index is 0.00000192. The lowest BCUT2D eigenvalue weighted by Crippen LogP contribution is -2.43. The van der Waals surface area contributed by atoms with Crippen molar-refractivity contribution in [1.82, 2.24) is 10.2 Å². The summed E-state index contributed by atoms with van der Waals surface area (Å²) in [6.07, 6.45) is 5.07. The van der Waals surface area contributed by atoms with Gasteiger partial charge in [0.15, 0.2) is 0 Å². The van der Waals surface area contributed by atoms with Gasteiger partial charge in [-0.1, -0.05) is 30.3 Å². The minimum atomic E-state index is -0.161. The number of carbonyl (C=O) groups is 1. The van der Waals surface area contributed by atoms with E-state index in [4.69, 9.17) is 4.74 Å². The molecule has 1 N–H and O–H groups in total. The number of hydrogen-bond acceptors (Lipinski definition) is 4. The van der Waals surface area contributed by atoms with Crippen molar-refractivity contribution in [2.45, 2.75) is 43.7 Å². The normalized spacial score (nSPS) is 23.3. The monoisotopic (exact) mass is 418 g/mol. The van der Waals surface area contributed by atoms with Crippen molar-refractivity contribution in [3.8, 4) is 0 Å². The smallest absolute Gasteiger partial charge is 0.264 e. The van der Waals surface area contributed by atoms with Gasteiger partial charge in [-0.15, -0.1) is 23.7 Å². The maximum absolute atomic E-state index is 13.4. The predicted molar refractivity (Wildman–Crippen MR) is 114 cm³/mol. The summed E-state index contributed by atoms with van der Waals surface area (Å²) in [5.41, 5.74) is 2.43. The molecule has 0 bridgehead atoms. The van der Waals surface area contributed by atoms with Crippen LogP contribution in [0.3, 0.4) is 0 Å². The van der Waals surface area contributed by atoms with Crippen LogP contribution in [-0.4, -0.2) is 37.0 Å². The van der Waals surface area contributed by atoms with Gasteiger partial charge in [-0.05, 0) is 62.4 Å². The van der Waals surface area contributed by atoms with Crippen molar-refractivity contribution < 1.29 is 9.53 Å². The molecule has 28 heavy (non-hydrogen) atoms. The minimum Gasteiger partial charge on any atom is -0.369 e. The van der Waals surface area contributed by atoms with Crippen LogP contribution in [0.25, 0.3) is 0 Å². The van der Waals surface area contributed by atoms with Crippen LogP contribution >= 0.6 is 23.7 Å². The first-order valence-electron chi connectivity index (χ1n) is 10.1. The second-order valence-electron chi connectivity index (χ2n) is 7.88. The minimum absolute atomic E-state index is 0. The van der Waals surface area contributed by atoms with E-state index in [9.17, 15) is 4.79 Å². The maximum atomic E-state index is 13.4. The van der Waals surface area contributed by atoms with Gasteiger partial charge < -0.3 is 15.0 Å². The molecule has 2 fully saturated rings. The average molecular weight is 419 g/mol. The first kappa shape index (κ1) is 19.9. The summed E-state index contributed by atoms with van der Waals surface area (Å²) < 4.78 is 6.29. The molecule has 1 unspecified atom stereocenters. The zero-order valence-electron chi connectivity index (χ0n) is 16.0. The van der Waals surface area contributed by atoms with E-state index in [-0.39, 0.29) is 30.0 Å². The third-order valence-corrected chi connectivity index (χ3v) is 7.64. The van der Waals surface area contributed by atoms with Gasteiger partial charge in [-0.3, -0.25) is 4.79 Å². The van der Waals surface area contributed by atoms with E-state index >= 15 is 0 Å². The summed E-state index contributed by atoms with van der Waals surface area (Å²) in [4.78, 5) is 17.7. The van der Waals surface area contributed by atoms with Crippen molar-refractivity contribution in [2.24, 2.45) is 0 Å². The molecule has 1 amide bonds. The molecule has 4 heterocycles. The summed E-state index contributed by atoms with van der Waals surface area (Å²) in [5, 5.41) is 3.43. The van der Waals surface area contributed by atoms with Crippen LogP contribution in [0, 0.1) is 0 Å². The van der Waals surface area contributed by atoms with Gasteiger partial charge in [0.2, 0.25) is 0 Å². The van der Waals surface area contributed by atoms with Crippen LogP contribution in [-0.2, 0) is 16.8 Å². The molecule has 5 rings (SSSR count). The molecule has 1 aromatic heterocycles. The van der Waals surface area contributed by atoms with Crippen LogP contribution in [0.15, 0.2) is 36.4 Å². The summed E-state index contributed by atoms with van der Waals surface area (Å²) in [6.45, 7) is 3.60. The highest BCUT2D eigenvalue weighted by atomic mass is 35.5. The number of likely N-dealkylation sites (tertiary alicyclic amines) is 1. The van der Waals surface area contributed by atoms with Crippen LogP contribution < -0.4 is 5.32 Å². The van der Waals surface area contributed by atoms with Crippen LogP contribution in [0.4, 0.5) is 0 Å². The SMILES string of the molecule is Cl.O=C(c1cc2c(s1)C1(CCNCC1)OCC2)N1CCCC1c1ccccc1. The molecule has 2 aromatic rings. The van der Waals surface area contributed by atoms with E-state index in [1.54, 1.807) is 11.3 Å². The van der Waals surface area contributed by atoms with Gasteiger partial charge in [0, 0.05) is 11.4 Å². The number of thiophene rings is 1. The number of halogens is 1. The average Bonchev–Trinajstić information content (AvgIpc) is 3.37. The third kappa shape index (κ3) is 3.39. The van der Waals surface area contributed by atoms with Crippen LogP contribution in [0.1, 0.15) is 57.4 Å². The Bertz CT molecular complexity index is 832. The van der Waals surface area contributed by atoms with E-state index in [1.807, 2.05) is 6.07 Å². The topological polar surface area (TPSA) is 41.6 Å². The molecule has 0 radical (unpaired) electrons. The standard InChI is InChI=1S/C22H26N2O2S.ClH/c25-21(24-13-4-7-18(24)16-5-2-1-3-6-16)19-15-17-8-14-26-22(20(17)27-19)9-11-23-12-10-22;/h1-3,5-6,15,18,23H,4,7-14H2;1H. The van der Waals surface area contributed by atoms with E-state index < -0.39 is 0 Å². The van der Waals surface area contributed by atoms with Gasteiger partial charge in [-0.25, -0.2) is 0 Å². The molecule has 1 atom stereocenters. The summed E-state index contributed by atoms with van der Waals surface area (Å²) >= 11 is 1.69. The highest BCUT2D eigenvalue weighted by Gasteiger charge is 2.42. The molecule has 6 heteroatoms. The Morgan fingerprint density at radius 1 is 1.21 bits per heavy atom. The summed E-state index contributed by atoms with van der Waals surface area (Å²) in [7, 11) is 0. The summed E-state index contributed by atoms with van der Waals surface area (Å²) in [6, 6.07) is 12.8. The van der Waals surface area contributed by atoms with Crippen LogP contribution in [0.2, 0.25) is 0 Å². The Hall–Kier alpha value is -1.40. The lowest BCUT2D eigenvalue weighted by atomic mass is 9.86. The zero-order chi connectivity index (χ0) is 18.3. The van der Waals surface area contributed by atoms with Crippen molar-refractivity contribution in [2.75, 3.05) is 26.2 Å². The first-order valence-corrected chi connectivity index (χ1v) is 10.9. The Morgan fingerprint density at radius 3 is 2.79 bits per heavy atom. The largest absolute Gasteiger partial charge is 0.369 e. The summed E-state index contributed by atoms with van der Waals surface area (Å²) in [5.74, 6) is 0.199. The molecule has 3 aliphatic heterocycles. The Labute approximate surface area is 176 Å². The molecule has 0 saturated carbocycles. The number of ether oxygens (including phenoxy) is 1. The fraction of sp³-hybridized carbons (Fsp3) is 0.500. The molecule has 0 aliphatic carbocycles. The van der Waals surface area contributed by atoms with E-state index in [2.05, 4.69) is 40.5 Å². The highest BCUT2D eigenvalue weighted by Crippen LogP contribution is 2.45. The quantitative estimate of drug-likeness (QED) is 0.790. The molecule has 1 spiro atoms. The number of hydrogen-bond donors (Lipinski definition) is 1. The number of benzene rings is 1. The fourth-order valence-corrected chi connectivity index (χ4v) is 6.27. The van der Waals surface area contributed by atoms with Gasteiger partial charge in [-0.2, -0.15) is 0 Å². The maximum Gasteiger partial charge on any atom is 0.264 e. The molecule has 2 saturated heterocycles. The van der Waals surface area contributed by atoms with Gasteiger partial charge in [0.05, 0.1) is 17.5 Å². The van der Waals surface area contributed by atoms with Crippen LogP contribution in [0.5, 0.6) is 0 Å². The molecule has 150 valence electrons. The number of rotatable bonds is 2. The molecular formula is C22H27ClN2O2S. The van der Waals surface area contributed by atoms with Crippen molar-refractivity contribution >= 4 is 29.7 Å². The predicted octanol–water partition coefficient (Wildman–Crippen LogP) is 4.30. The van der Waals surface area contributed by atoms with Crippen molar-refractivity contribution in [3.05, 3.63) is 57.3 Å². The second kappa shape index (κ2) is 8.15. The lowest BCUT2D eigenvalue weighted by molar-refractivity contribution is -0.0771. The molecule has 3 aliphatic rings. The second-order valence-corrected chi connectivity index (χ2v) is 8.93. The Kier molecular flexibility index (Phi) is 5.79. The zero-order valence-corrected chi connectivity index (χ0v) is 17.6. The first-order chi connectivity index (χ1) is 13.3. The number of piperidine rings is 1. The van der Waals surface area contributed by atoms with E-state index in [1.165, 1.54) is 16.0 Å². The number of nitrogens with zero attached hydrogens (tertiary/aromatic N) is 1. The molecular weight excluding hydrogens is 392 g/mol. The van der Waals surface area contributed by atoms with Crippen molar-refractivity contribution in [3.63, 3.8) is 0 Å². The molecule has 4 nitrogen and oxygen atoms in total. The number of amides is 1. The number of carbonyl (C=O) groups excluding carboxylic acids is 1. The molecule has 1 aromatic carbocycles. The lowest BCUT2D eigenvalue weighted by Gasteiger charge is -2.40. The fourth-order valence-electron chi connectivity index (χ4n) is 4.90. The van der Waals surface area contributed by atoms with Crippen molar-refractivity contribution in [1.29, 1.82) is 0 Å². The van der Waals surface area contributed by atoms with E-state index in [0.29, 0.717) is 0 Å². The van der Waals surface area contributed by atoms with Gasteiger partial charge >= 0.3 is 0 Å². The number of fused-ring (bicyclic) bond motifs is 2. The van der Waals surface area contributed by atoms with E-state index in [0.717, 1.165) is 63.2 Å². The highest BCUT2D eigenvalue weighted by molar-refractivity contribution is 7.14. The Morgan fingerprint density at radius 2 is 2.00 bits per heavy atom. The number of nitrogens with one attached hydrogen (secondary N) is 1. The third-order valence-electron chi connectivity index (χ3n) is 6.29. The van der Waals surface area contributed by atoms with Gasteiger partial charge in [0.1, 0.15) is 5.60 Å².